The van der Waals surface area contributed by atoms with E-state index in [2.05, 4.69) is 22.8 Å². The largest absolute Gasteiger partial charge is 0.348 e. The second-order valence-corrected chi connectivity index (χ2v) is 6.34. The maximum atomic E-state index is 13.8. The van der Waals surface area contributed by atoms with Gasteiger partial charge in [-0.3, -0.25) is 4.79 Å². The van der Waals surface area contributed by atoms with Gasteiger partial charge in [0.1, 0.15) is 5.82 Å². The number of aryl methyl sites for hydroxylation is 1. The molecular formula is C20H23FN2O. The summed E-state index contributed by atoms with van der Waals surface area (Å²) in [6.45, 7) is 2.04. The highest BCUT2D eigenvalue weighted by molar-refractivity contribution is 5.78. The molecule has 0 heterocycles. The van der Waals surface area contributed by atoms with Gasteiger partial charge >= 0.3 is 0 Å². The summed E-state index contributed by atoms with van der Waals surface area (Å²) in [6, 6.07) is 14.8. The molecule has 0 saturated heterocycles. The van der Waals surface area contributed by atoms with Gasteiger partial charge in [-0.1, -0.05) is 42.5 Å². The van der Waals surface area contributed by atoms with Gasteiger partial charge in [0.2, 0.25) is 5.91 Å². The molecular weight excluding hydrogens is 303 g/mol. The van der Waals surface area contributed by atoms with Crippen molar-refractivity contribution in [3.05, 3.63) is 71.0 Å². The predicted molar refractivity (Wildman–Crippen MR) is 93.1 cm³/mol. The fourth-order valence-corrected chi connectivity index (χ4v) is 3.33. The van der Waals surface area contributed by atoms with Gasteiger partial charge < -0.3 is 10.6 Å². The Labute approximate surface area is 142 Å². The molecule has 3 rings (SSSR count). The van der Waals surface area contributed by atoms with Gasteiger partial charge in [-0.05, 0) is 43.4 Å². The Morgan fingerprint density at radius 3 is 2.79 bits per heavy atom. The van der Waals surface area contributed by atoms with Crippen LogP contribution in [-0.2, 0) is 11.2 Å². The lowest BCUT2D eigenvalue weighted by Crippen LogP contribution is -2.38. The zero-order valence-corrected chi connectivity index (χ0v) is 13.9. The zero-order valence-electron chi connectivity index (χ0n) is 13.9. The summed E-state index contributed by atoms with van der Waals surface area (Å²) in [5.41, 5.74) is 3.12. The van der Waals surface area contributed by atoms with E-state index in [1.165, 1.54) is 17.2 Å². The Hall–Kier alpha value is -2.20. The van der Waals surface area contributed by atoms with E-state index in [0.717, 1.165) is 19.3 Å². The van der Waals surface area contributed by atoms with Crippen molar-refractivity contribution in [2.75, 3.05) is 6.54 Å². The first kappa shape index (κ1) is 16.7. The minimum Gasteiger partial charge on any atom is -0.348 e. The van der Waals surface area contributed by atoms with Crippen LogP contribution in [0.3, 0.4) is 0 Å². The number of rotatable bonds is 5. The Morgan fingerprint density at radius 2 is 1.96 bits per heavy atom. The normalized spacial score (nSPS) is 17.8. The van der Waals surface area contributed by atoms with Gasteiger partial charge in [0.15, 0.2) is 0 Å². The van der Waals surface area contributed by atoms with Crippen molar-refractivity contribution < 1.29 is 9.18 Å². The summed E-state index contributed by atoms with van der Waals surface area (Å²) in [6.07, 6.45) is 3.12. The summed E-state index contributed by atoms with van der Waals surface area (Å²) >= 11 is 0. The number of benzene rings is 2. The molecule has 0 bridgehead atoms. The molecule has 24 heavy (non-hydrogen) atoms. The molecule has 0 radical (unpaired) electrons. The van der Waals surface area contributed by atoms with E-state index in [0.29, 0.717) is 5.56 Å². The molecule has 2 unspecified atom stereocenters. The number of hydrogen-bond donors (Lipinski definition) is 2. The first-order valence-corrected chi connectivity index (χ1v) is 8.50. The Kier molecular flexibility index (Phi) is 5.26. The van der Waals surface area contributed by atoms with Crippen molar-refractivity contribution in [3.8, 4) is 0 Å². The van der Waals surface area contributed by atoms with Crippen LogP contribution in [0.4, 0.5) is 4.39 Å². The highest BCUT2D eigenvalue weighted by Crippen LogP contribution is 2.29. The summed E-state index contributed by atoms with van der Waals surface area (Å²) < 4.78 is 13.8. The van der Waals surface area contributed by atoms with Crippen molar-refractivity contribution in [2.45, 2.75) is 38.3 Å². The topological polar surface area (TPSA) is 41.1 Å². The third kappa shape index (κ3) is 3.82. The van der Waals surface area contributed by atoms with E-state index in [-0.39, 0.29) is 30.4 Å². The Morgan fingerprint density at radius 1 is 1.21 bits per heavy atom. The van der Waals surface area contributed by atoms with Crippen molar-refractivity contribution in [2.24, 2.45) is 0 Å². The van der Waals surface area contributed by atoms with Crippen molar-refractivity contribution in [1.82, 2.24) is 10.6 Å². The monoisotopic (exact) mass is 326 g/mol. The van der Waals surface area contributed by atoms with Crippen molar-refractivity contribution >= 4 is 5.91 Å². The zero-order chi connectivity index (χ0) is 16.9. The maximum Gasteiger partial charge on any atom is 0.234 e. The highest BCUT2D eigenvalue weighted by atomic mass is 19.1. The molecule has 0 aliphatic heterocycles. The van der Waals surface area contributed by atoms with Crippen LogP contribution in [0.15, 0.2) is 48.5 Å². The fourth-order valence-electron chi connectivity index (χ4n) is 3.33. The number of carbonyl (C=O) groups excluding carboxylic acids is 1. The first-order valence-electron chi connectivity index (χ1n) is 8.50. The second kappa shape index (κ2) is 7.58. The first-order chi connectivity index (χ1) is 11.6. The molecule has 1 amide bonds. The van der Waals surface area contributed by atoms with E-state index in [4.69, 9.17) is 0 Å². The molecule has 2 N–H and O–H groups in total. The predicted octanol–water partition coefficient (Wildman–Crippen LogP) is 3.67. The van der Waals surface area contributed by atoms with Gasteiger partial charge in [-0.2, -0.15) is 0 Å². The molecule has 1 aliphatic carbocycles. The van der Waals surface area contributed by atoms with E-state index < -0.39 is 0 Å². The van der Waals surface area contributed by atoms with Crippen LogP contribution >= 0.6 is 0 Å². The van der Waals surface area contributed by atoms with Crippen molar-refractivity contribution in [3.63, 3.8) is 0 Å². The molecule has 0 spiro atoms. The minimum absolute atomic E-state index is 0.0557. The van der Waals surface area contributed by atoms with E-state index in [9.17, 15) is 9.18 Å². The van der Waals surface area contributed by atoms with E-state index in [1.807, 2.05) is 19.1 Å². The van der Waals surface area contributed by atoms with Gasteiger partial charge in [0.25, 0.3) is 0 Å². The van der Waals surface area contributed by atoms with Crippen LogP contribution in [0.25, 0.3) is 0 Å². The lowest BCUT2D eigenvalue weighted by Gasteiger charge is -2.26. The molecule has 4 heteroatoms. The number of carbonyl (C=O) groups is 1. The molecule has 2 aromatic rings. The lowest BCUT2D eigenvalue weighted by atomic mass is 9.88. The molecule has 126 valence electrons. The number of fused-ring (bicyclic) bond motifs is 1. The van der Waals surface area contributed by atoms with Gasteiger partial charge in [0.05, 0.1) is 12.6 Å². The SMILES string of the molecule is CC(NCC(=O)NC1CCCc2ccccc21)c1ccccc1F. The van der Waals surface area contributed by atoms with Gasteiger partial charge in [-0.25, -0.2) is 4.39 Å². The van der Waals surface area contributed by atoms with Crippen LogP contribution in [0.1, 0.15) is 48.5 Å². The average molecular weight is 326 g/mol. The van der Waals surface area contributed by atoms with E-state index in [1.54, 1.807) is 18.2 Å². The number of nitrogens with one attached hydrogen (secondary N) is 2. The average Bonchev–Trinajstić information content (AvgIpc) is 2.60. The van der Waals surface area contributed by atoms with Crippen LogP contribution in [0.2, 0.25) is 0 Å². The van der Waals surface area contributed by atoms with Crippen LogP contribution in [0, 0.1) is 5.82 Å². The summed E-state index contributed by atoms with van der Waals surface area (Å²) in [5, 5.41) is 6.20. The Bertz CT molecular complexity index is 716. The van der Waals surface area contributed by atoms with Crippen LogP contribution < -0.4 is 10.6 Å². The molecule has 2 aromatic carbocycles. The maximum absolute atomic E-state index is 13.8. The van der Waals surface area contributed by atoms with Gasteiger partial charge in [0, 0.05) is 11.6 Å². The van der Waals surface area contributed by atoms with Gasteiger partial charge in [-0.15, -0.1) is 0 Å². The third-order valence-electron chi connectivity index (χ3n) is 4.65. The standard InChI is InChI=1S/C20H23FN2O/c1-14(16-9-4-5-11-18(16)21)22-13-20(24)23-19-12-6-8-15-7-2-3-10-17(15)19/h2-5,7,9-11,14,19,22H,6,8,12-13H2,1H3,(H,23,24). The third-order valence-corrected chi connectivity index (χ3v) is 4.65. The van der Waals surface area contributed by atoms with Crippen LogP contribution in [0.5, 0.6) is 0 Å². The number of halogens is 1. The van der Waals surface area contributed by atoms with Crippen molar-refractivity contribution in [1.29, 1.82) is 0 Å². The summed E-state index contributed by atoms with van der Waals surface area (Å²) in [7, 11) is 0. The molecule has 3 nitrogen and oxygen atoms in total. The fraction of sp³-hybridized carbons (Fsp3) is 0.350. The molecule has 2 atom stereocenters. The minimum atomic E-state index is -0.251. The lowest BCUT2D eigenvalue weighted by molar-refractivity contribution is -0.121. The molecule has 0 saturated carbocycles. The quantitative estimate of drug-likeness (QED) is 0.880. The molecule has 0 aromatic heterocycles. The number of hydrogen-bond acceptors (Lipinski definition) is 2. The second-order valence-electron chi connectivity index (χ2n) is 6.34. The Balaban J connectivity index is 1.56. The molecule has 1 aliphatic rings. The van der Waals surface area contributed by atoms with Crippen LogP contribution in [-0.4, -0.2) is 12.5 Å². The summed E-state index contributed by atoms with van der Waals surface area (Å²) in [4.78, 5) is 12.3. The number of amides is 1. The highest BCUT2D eigenvalue weighted by Gasteiger charge is 2.21. The molecule has 0 fully saturated rings. The summed E-state index contributed by atoms with van der Waals surface area (Å²) in [5.74, 6) is -0.306. The smallest absolute Gasteiger partial charge is 0.234 e. The van der Waals surface area contributed by atoms with E-state index >= 15 is 0 Å².